The predicted octanol–water partition coefficient (Wildman–Crippen LogP) is 4.42. The van der Waals surface area contributed by atoms with Crippen molar-refractivity contribution in [1.82, 2.24) is 10.3 Å². The summed E-state index contributed by atoms with van der Waals surface area (Å²) < 4.78 is 5.15. The average Bonchev–Trinajstić information content (AvgIpc) is 2.71. The van der Waals surface area contributed by atoms with Gasteiger partial charge in [-0.25, -0.2) is 0 Å². The lowest BCUT2D eigenvalue weighted by molar-refractivity contribution is 0.0949. The fourth-order valence-corrected chi connectivity index (χ4v) is 2.99. The molecule has 0 aliphatic carbocycles. The highest BCUT2D eigenvalue weighted by molar-refractivity contribution is 5.93. The Bertz CT molecular complexity index is 932. The van der Waals surface area contributed by atoms with Crippen LogP contribution in [0, 0.1) is 13.8 Å². The highest BCUT2D eigenvalue weighted by atomic mass is 16.5. The van der Waals surface area contributed by atoms with Gasteiger partial charge in [0.25, 0.3) is 5.91 Å². The van der Waals surface area contributed by atoms with Gasteiger partial charge in [0, 0.05) is 24.1 Å². The predicted molar refractivity (Wildman–Crippen MR) is 112 cm³/mol. The molecule has 2 aromatic carbocycles. The molecule has 0 radical (unpaired) electrons. The SMILES string of the molecule is COc1ccc(CCNC(=O)c2cc(Nc3c(C)cccc3C)ccn2)cc1. The van der Waals surface area contributed by atoms with Gasteiger partial charge >= 0.3 is 0 Å². The number of pyridine rings is 1. The van der Waals surface area contributed by atoms with Crippen molar-refractivity contribution >= 4 is 17.3 Å². The van der Waals surface area contributed by atoms with Gasteiger partial charge in [0.1, 0.15) is 11.4 Å². The van der Waals surface area contributed by atoms with Crippen molar-refractivity contribution in [3.05, 3.63) is 83.2 Å². The fraction of sp³-hybridized carbons (Fsp3) is 0.217. The first-order chi connectivity index (χ1) is 13.6. The number of anilines is 2. The maximum Gasteiger partial charge on any atom is 0.269 e. The van der Waals surface area contributed by atoms with Crippen LogP contribution in [0.1, 0.15) is 27.2 Å². The summed E-state index contributed by atoms with van der Waals surface area (Å²) >= 11 is 0. The highest BCUT2D eigenvalue weighted by Gasteiger charge is 2.09. The number of hydrogen-bond donors (Lipinski definition) is 2. The number of nitrogens with zero attached hydrogens (tertiary/aromatic N) is 1. The maximum atomic E-state index is 12.5. The molecule has 5 heteroatoms. The van der Waals surface area contributed by atoms with Crippen LogP contribution in [0.4, 0.5) is 11.4 Å². The third kappa shape index (κ3) is 4.88. The van der Waals surface area contributed by atoms with E-state index in [0.717, 1.165) is 40.2 Å². The summed E-state index contributed by atoms with van der Waals surface area (Å²) in [4.78, 5) is 16.7. The van der Waals surface area contributed by atoms with E-state index in [9.17, 15) is 4.79 Å². The first kappa shape index (κ1) is 19.4. The van der Waals surface area contributed by atoms with Crippen LogP contribution in [-0.2, 0) is 6.42 Å². The lowest BCUT2D eigenvalue weighted by atomic mass is 10.1. The number of carbonyl (C=O) groups is 1. The molecule has 144 valence electrons. The molecule has 3 aromatic rings. The Hall–Kier alpha value is -3.34. The van der Waals surface area contributed by atoms with Gasteiger partial charge in [0.05, 0.1) is 7.11 Å². The molecule has 0 unspecified atom stereocenters. The molecule has 0 saturated heterocycles. The monoisotopic (exact) mass is 375 g/mol. The minimum Gasteiger partial charge on any atom is -0.497 e. The lowest BCUT2D eigenvalue weighted by Crippen LogP contribution is -2.26. The van der Waals surface area contributed by atoms with Gasteiger partial charge < -0.3 is 15.4 Å². The van der Waals surface area contributed by atoms with Crippen LogP contribution < -0.4 is 15.4 Å². The number of aromatic nitrogens is 1. The van der Waals surface area contributed by atoms with Crippen molar-refractivity contribution in [2.45, 2.75) is 20.3 Å². The van der Waals surface area contributed by atoms with Crippen LogP contribution in [0.2, 0.25) is 0 Å². The van der Waals surface area contributed by atoms with E-state index in [4.69, 9.17) is 4.74 Å². The van der Waals surface area contributed by atoms with Crippen LogP contribution in [0.3, 0.4) is 0 Å². The fourth-order valence-electron chi connectivity index (χ4n) is 2.99. The van der Waals surface area contributed by atoms with Crippen LogP contribution in [0.15, 0.2) is 60.8 Å². The van der Waals surface area contributed by atoms with Crippen LogP contribution in [0.5, 0.6) is 5.75 Å². The second kappa shape index (κ2) is 9.04. The molecule has 28 heavy (non-hydrogen) atoms. The molecule has 0 aliphatic heterocycles. The highest BCUT2D eigenvalue weighted by Crippen LogP contribution is 2.24. The summed E-state index contributed by atoms with van der Waals surface area (Å²) in [7, 11) is 1.64. The summed E-state index contributed by atoms with van der Waals surface area (Å²) in [5, 5.41) is 6.33. The summed E-state index contributed by atoms with van der Waals surface area (Å²) in [5.41, 5.74) is 5.74. The summed E-state index contributed by atoms with van der Waals surface area (Å²) in [6.45, 7) is 4.66. The summed E-state index contributed by atoms with van der Waals surface area (Å²) in [6, 6.07) is 17.6. The van der Waals surface area contributed by atoms with Crippen LogP contribution in [-0.4, -0.2) is 24.5 Å². The molecule has 0 saturated carbocycles. The number of benzene rings is 2. The zero-order valence-corrected chi connectivity index (χ0v) is 16.5. The Balaban J connectivity index is 1.60. The second-order valence-electron chi connectivity index (χ2n) is 6.68. The zero-order chi connectivity index (χ0) is 19.9. The second-order valence-corrected chi connectivity index (χ2v) is 6.68. The van der Waals surface area contributed by atoms with E-state index in [1.54, 1.807) is 19.4 Å². The number of hydrogen-bond acceptors (Lipinski definition) is 4. The van der Waals surface area contributed by atoms with Crippen molar-refractivity contribution in [1.29, 1.82) is 0 Å². The van der Waals surface area contributed by atoms with E-state index in [1.807, 2.05) is 36.4 Å². The van der Waals surface area contributed by atoms with E-state index >= 15 is 0 Å². The lowest BCUT2D eigenvalue weighted by Gasteiger charge is -2.13. The molecule has 2 N–H and O–H groups in total. The summed E-state index contributed by atoms with van der Waals surface area (Å²) in [5.74, 6) is 0.642. The van der Waals surface area contributed by atoms with Crippen LogP contribution in [0.25, 0.3) is 0 Å². The van der Waals surface area contributed by atoms with Gasteiger partial charge in [-0.05, 0) is 61.2 Å². The van der Waals surface area contributed by atoms with Gasteiger partial charge in [-0.1, -0.05) is 30.3 Å². The molecule has 0 fully saturated rings. The topological polar surface area (TPSA) is 63.2 Å². The van der Waals surface area contributed by atoms with Crippen molar-refractivity contribution in [3.8, 4) is 5.75 Å². The van der Waals surface area contributed by atoms with Gasteiger partial charge in [-0.2, -0.15) is 0 Å². The van der Waals surface area contributed by atoms with E-state index in [0.29, 0.717) is 12.2 Å². The van der Waals surface area contributed by atoms with Crippen molar-refractivity contribution < 1.29 is 9.53 Å². The minimum absolute atomic E-state index is 0.182. The standard InChI is InChI=1S/C23H25N3O2/c1-16-5-4-6-17(2)22(16)26-19-12-14-24-21(15-19)23(27)25-13-11-18-7-9-20(28-3)10-8-18/h4-10,12,14-15H,11,13H2,1-3H3,(H,24,26)(H,25,27). The molecular weight excluding hydrogens is 350 g/mol. The first-order valence-corrected chi connectivity index (χ1v) is 9.27. The number of aryl methyl sites for hydroxylation is 2. The Labute approximate surface area is 165 Å². The number of ether oxygens (including phenoxy) is 1. The van der Waals surface area contributed by atoms with E-state index < -0.39 is 0 Å². The van der Waals surface area contributed by atoms with Crippen LogP contribution >= 0.6 is 0 Å². The number of rotatable bonds is 7. The van der Waals surface area contributed by atoms with E-state index in [1.165, 1.54) is 0 Å². The Morgan fingerprint density at radius 3 is 2.43 bits per heavy atom. The third-order valence-corrected chi connectivity index (χ3v) is 4.60. The Morgan fingerprint density at radius 2 is 1.75 bits per heavy atom. The van der Waals surface area contributed by atoms with Gasteiger partial charge in [-0.3, -0.25) is 9.78 Å². The molecular formula is C23H25N3O2. The molecule has 5 nitrogen and oxygen atoms in total. The molecule has 0 spiro atoms. The minimum atomic E-state index is -0.182. The molecule has 1 amide bonds. The van der Waals surface area contributed by atoms with E-state index in [-0.39, 0.29) is 5.91 Å². The molecule has 3 rings (SSSR count). The van der Waals surface area contributed by atoms with Gasteiger partial charge in [0.15, 0.2) is 0 Å². The largest absolute Gasteiger partial charge is 0.497 e. The Kier molecular flexibility index (Phi) is 6.27. The molecule has 1 heterocycles. The normalized spacial score (nSPS) is 10.4. The molecule has 0 aliphatic rings. The molecule has 0 atom stereocenters. The molecule has 0 bridgehead atoms. The number of carbonyl (C=O) groups excluding carboxylic acids is 1. The zero-order valence-electron chi connectivity index (χ0n) is 16.5. The number of methoxy groups -OCH3 is 1. The number of amides is 1. The maximum absolute atomic E-state index is 12.5. The average molecular weight is 375 g/mol. The van der Waals surface area contributed by atoms with Crippen molar-refractivity contribution in [2.75, 3.05) is 19.0 Å². The van der Waals surface area contributed by atoms with E-state index in [2.05, 4.69) is 41.6 Å². The van der Waals surface area contributed by atoms with Gasteiger partial charge in [0.2, 0.25) is 0 Å². The number of para-hydroxylation sites is 1. The third-order valence-electron chi connectivity index (χ3n) is 4.60. The summed E-state index contributed by atoms with van der Waals surface area (Å²) in [6.07, 6.45) is 2.39. The quantitative estimate of drug-likeness (QED) is 0.641. The number of nitrogens with one attached hydrogen (secondary N) is 2. The first-order valence-electron chi connectivity index (χ1n) is 9.27. The molecule has 1 aromatic heterocycles. The van der Waals surface area contributed by atoms with Crippen molar-refractivity contribution in [2.24, 2.45) is 0 Å². The smallest absolute Gasteiger partial charge is 0.269 e. The van der Waals surface area contributed by atoms with Crippen molar-refractivity contribution in [3.63, 3.8) is 0 Å². The van der Waals surface area contributed by atoms with Gasteiger partial charge in [-0.15, -0.1) is 0 Å². The Morgan fingerprint density at radius 1 is 1.04 bits per heavy atom.